The van der Waals surface area contributed by atoms with E-state index in [4.69, 9.17) is 0 Å². The van der Waals surface area contributed by atoms with Gasteiger partial charge in [0, 0.05) is 26.1 Å². The average molecular weight is 224 g/mol. The minimum absolute atomic E-state index is 0.0168. The van der Waals surface area contributed by atoms with Crippen LogP contribution in [-0.2, 0) is 6.42 Å². The fraction of sp³-hybridized carbons (Fsp3) is 0.700. The number of carbonyl (C=O) groups excluding carboxylic acids is 1. The lowest BCUT2D eigenvalue weighted by Crippen LogP contribution is -2.43. The topological polar surface area (TPSA) is 71.3 Å². The predicted molar refractivity (Wildman–Crippen MR) is 56.8 cm³/mol. The standard InChI is InChI=1S/C10H16N4O2/c15-10(14-6-2-1-3-7-14)11-5-4-9-12-8-16-13-9/h8H,1-7H2,(H,11,15). The van der Waals surface area contributed by atoms with Crippen molar-refractivity contribution in [1.29, 1.82) is 0 Å². The van der Waals surface area contributed by atoms with Gasteiger partial charge in [0.1, 0.15) is 0 Å². The molecule has 0 unspecified atom stereocenters. The molecule has 6 nitrogen and oxygen atoms in total. The number of urea groups is 1. The van der Waals surface area contributed by atoms with Gasteiger partial charge in [-0.25, -0.2) is 4.79 Å². The Morgan fingerprint density at radius 3 is 2.94 bits per heavy atom. The van der Waals surface area contributed by atoms with E-state index < -0.39 is 0 Å². The van der Waals surface area contributed by atoms with Crippen molar-refractivity contribution in [3.63, 3.8) is 0 Å². The second-order valence-electron chi connectivity index (χ2n) is 3.88. The van der Waals surface area contributed by atoms with E-state index >= 15 is 0 Å². The molecule has 6 heteroatoms. The normalized spacial score (nSPS) is 16.1. The van der Waals surface area contributed by atoms with Crippen molar-refractivity contribution in [2.45, 2.75) is 25.7 Å². The maximum absolute atomic E-state index is 11.7. The van der Waals surface area contributed by atoms with Gasteiger partial charge in [0.05, 0.1) is 0 Å². The number of nitrogens with zero attached hydrogens (tertiary/aromatic N) is 3. The maximum atomic E-state index is 11.7. The fourth-order valence-corrected chi connectivity index (χ4v) is 1.79. The van der Waals surface area contributed by atoms with Crippen LogP contribution in [0.2, 0.25) is 0 Å². The van der Waals surface area contributed by atoms with E-state index in [-0.39, 0.29) is 6.03 Å². The van der Waals surface area contributed by atoms with Crippen molar-refractivity contribution < 1.29 is 9.32 Å². The van der Waals surface area contributed by atoms with Gasteiger partial charge in [0.15, 0.2) is 5.82 Å². The Morgan fingerprint density at radius 1 is 1.44 bits per heavy atom. The molecule has 0 atom stereocenters. The van der Waals surface area contributed by atoms with Crippen LogP contribution < -0.4 is 5.32 Å². The van der Waals surface area contributed by atoms with Crippen molar-refractivity contribution in [2.75, 3.05) is 19.6 Å². The van der Waals surface area contributed by atoms with E-state index in [2.05, 4.69) is 20.0 Å². The number of carbonyl (C=O) groups is 1. The number of likely N-dealkylation sites (tertiary alicyclic amines) is 1. The van der Waals surface area contributed by atoms with Crippen LogP contribution in [0.1, 0.15) is 25.1 Å². The lowest BCUT2D eigenvalue weighted by atomic mass is 10.1. The monoisotopic (exact) mass is 224 g/mol. The molecule has 1 aliphatic rings. The number of aromatic nitrogens is 2. The van der Waals surface area contributed by atoms with Gasteiger partial charge in [-0.1, -0.05) is 5.16 Å². The molecule has 0 saturated carbocycles. The molecule has 88 valence electrons. The number of hydrogen-bond donors (Lipinski definition) is 1. The Bertz CT molecular complexity index is 320. The van der Waals surface area contributed by atoms with Crippen LogP contribution >= 0.6 is 0 Å². The first-order valence-corrected chi connectivity index (χ1v) is 5.64. The van der Waals surface area contributed by atoms with Crippen LogP contribution in [0.15, 0.2) is 10.9 Å². The predicted octanol–water partition coefficient (Wildman–Crippen LogP) is 0.808. The molecule has 1 N–H and O–H groups in total. The zero-order valence-electron chi connectivity index (χ0n) is 9.19. The molecule has 0 aliphatic carbocycles. The van der Waals surface area contributed by atoms with Gasteiger partial charge < -0.3 is 14.7 Å². The number of nitrogens with one attached hydrogen (secondary N) is 1. The van der Waals surface area contributed by atoms with Crippen LogP contribution in [0, 0.1) is 0 Å². The molecule has 16 heavy (non-hydrogen) atoms. The Hall–Kier alpha value is -1.59. The van der Waals surface area contributed by atoms with Crippen LogP contribution in [0.5, 0.6) is 0 Å². The smallest absolute Gasteiger partial charge is 0.317 e. The van der Waals surface area contributed by atoms with Crippen molar-refractivity contribution in [3.05, 3.63) is 12.2 Å². The SMILES string of the molecule is O=C(NCCc1ncon1)N1CCCCC1. The molecule has 2 heterocycles. The highest BCUT2D eigenvalue weighted by Gasteiger charge is 2.15. The molecule has 0 bridgehead atoms. The highest BCUT2D eigenvalue weighted by molar-refractivity contribution is 5.74. The Balaban J connectivity index is 1.67. The van der Waals surface area contributed by atoms with Crippen LogP contribution in [0.4, 0.5) is 4.79 Å². The summed E-state index contributed by atoms with van der Waals surface area (Å²) in [5, 5.41) is 6.53. The lowest BCUT2D eigenvalue weighted by molar-refractivity contribution is 0.186. The van der Waals surface area contributed by atoms with Gasteiger partial charge in [0.25, 0.3) is 0 Å². The van der Waals surface area contributed by atoms with Crippen LogP contribution in [-0.4, -0.2) is 40.7 Å². The van der Waals surface area contributed by atoms with Gasteiger partial charge in [0.2, 0.25) is 6.39 Å². The van der Waals surface area contributed by atoms with Crippen molar-refractivity contribution in [3.8, 4) is 0 Å². The molecule has 1 saturated heterocycles. The zero-order valence-corrected chi connectivity index (χ0v) is 9.19. The molecule has 1 aromatic heterocycles. The highest BCUT2D eigenvalue weighted by atomic mass is 16.5. The minimum atomic E-state index is 0.0168. The van der Waals surface area contributed by atoms with E-state index in [1.165, 1.54) is 12.8 Å². The molecular formula is C10H16N4O2. The van der Waals surface area contributed by atoms with E-state index in [0.29, 0.717) is 18.8 Å². The molecular weight excluding hydrogens is 208 g/mol. The number of rotatable bonds is 3. The number of hydrogen-bond acceptors (Lipinski definition) is 4. The molecule has 0 radical (unpaired) electrons. The van der Waals surface area contributed by atoms with Crippen LogP contribution in [0.3, 0.4) is 0 Å². The van der Waals surface area contributed by atoms with E-state index in [0.717, 1.165) is 25.9 Å². The summed E-state index contributed by atoms with van der Waals surface area (Å²) in [7, 11) is 0. The van der Waals surface area contributed by atoms with Gasteiger partial charge in [-0.3, -0.25) is 0 Å². The van der Waals surface area contributed by atoms with Crippen molar-refractivity contribution in [2.24, 2.45) is 0 Å². The third-order valence-corrected chi connectivity index (χ3v) is 2.68. The first-order chi connectivity index (χ1) is 7.86. The summed E-state index contributed by atoms with van der Waals surface area (Å²) < 4.78 is 4.60. The quantitative estimate of drug-likeness (QED) is 0.824. The molecule has 1 aliphatic heterocycles. The van der Waals surface area contributed by atoms with Gasteiger partial charge >= 0.3 is 6.03 Å². The van der Waals surface area contributed by atoms with E-state index in [9.17, 15) is 4.79 Å². The summed E-state index contributed by atoms with van der Waals surface area (Å²) in [4.78, 5) is 17.4. The molecule has 0 spiro atoms. The van der Waals surface area contributed by atoms with Gasteiger partial charge in [-0.15, -0.1) is 0 Å². The summed E-state index contributed by atoms with van der Waals surface area (Å²) in [5.41, 5.74) is 0. The van der Waals surface area contributed by atoms with Crippen molar-refractivity contribution >= 4 is 6.03 Å². The second-order valence-corrected chi connectivity index (χ2v) is 3.88. The lowest BCUT2D eigenvalue weighted by Gasteiger charge is -2.26. The fourth-order valence-electron chi connectivity index (χ4n) is 1.79. The summed E-state index contributed by atoms with van der Waals surface area (Å²) >= 11 is 0. The summed E-state index contributed by atoms with van der Waals surface area (Å²) in [6.45, 7) is 2.29. The first kappa shape index (κ1) is 10.9. The summed E-state index contributed by atoms with van der Waals surface area (Å²) in [5.74, 6) is 0.624. The molecule has 2 rings (SSSR count). The second kappa shape index (κ2) is 5.48. The summed E-state index contributed by atoms with van der Waals surface area (Å²) in [6, 6.07) is 0.0168. The first-order valence-electron chi connectivity index (χ1n) is 5.64. The zero-order chi connectivity index (χ0) is 11.2. The molecule has 1 fully saturated rings. The largest absolute Gasteiger partial charge is 0.343 e. The van der Waals surface area contributed by atoms with Gasteiger partial charge in [-0.2, -0.15) is 4.98 Å². The van der Waals surface area contributed by atoms with E-state index in [1.54, 1.807) is 0 Å². The van der Waals surface area contributed by atoms with Gasteiger partial charge in [-0.05, 0) is 19.3 Å². The molecule has 1 aromatic rings. The van der Waals surface area contributed by atoms with E-state index in [1.807, 2.05) is 4.90 Å². The molecule has 0 aromatic carbocycles. The number of amides is 2. The summed E-state index contributed by atoms with van der Waals surface area (Å²) in [6.07, 6.45) is 5.35. The third kappa shape index (κ3) is 2.95. The average Bonchev–Trinajstić information content (AvgIpc) is 2.83. The minimum Gasteiger partial charge on any atom is -0.343 e. The maximum Gasteiger partial charge on any atom is 0.317 e. The highest BCUT2D eigenvalue weighted by Crippen LogP contribution is 2.08. The Morgan fingerprint density at radius 2 is 2.25 bits per heavy atom. The third-order valence-electron chi connectivity index (χ3n) is 2.68. The van der Waals surface area contributed by atoms with Crippen LogP contribution in [0.25, 0.3) is 0 Å². The Kier molecular flexibility index (Phi) is 3.74. The molecule has 2 amide bonds. The Labute approximate surface area is 94.0 Å². The number of piperidine rings is 1. The van der Waals surface area contributed by atoms with Crippen molar-refractivity contribution in [1.82, 2.24) is 20.4 Å².